The van der Waals surface area contributed by atoms with Crippen LogP contribution in [-0.4, -0.2) is 0 Å². The molecule has 0 spiro atoms. The molecular weight excluding hydrogens is 162 g/mol. The Hall–Kier alpha value is -1.18. The lowest BCUT2D eigenvalue weighted by molar-refractivity contribution is 0.799. The van der Waals surface area contributed by atoms with Crippen LogP contribution in [0, 0.1) is 11.8 Å². The Labute approximate surface area is 79.0 Å². The molecule has 2 heteroatoms. The van der Waals surface area contributed by atoms with Gasteiger partial charge in [0.2, 0.25) is 0 Å². The molecule has 0 radical (unpaired) electrons. The van der Waals surface area contributed by atoms with Crippen molar-refractivity contribution in [1.82, 2.24) is 0 Å². The summed E-state index contributed by atoms with van der Waals surface area (Å²) in [5, 5.41) is 3.04. The van der Waals surface area contributed by atoms with Crippen molar-refractivity contribution in [3.63, 3.8) is 0 Å². The number of hydrogen-bond acceptors (Lipinski definition) is 2. The van der Waals surface area contributed by atoms with E-state index in [1.807, 2.05) is 19.1 Å². The monoisotopic (exact) mass is 177 g/mol. The third kappa shape index (κ3) is 1.94. The van der Waals surface area contributed by atoms with Crippen molar-refractivity contribution in [3.05, 3.63) is 39.8 Å². The van der Waals surface area contributed by atoms with E-state index in [1.165, 1.54) is 11.1 Å². The maximum Gasteiger partial charge on any atom is 0.114 e. The minimum Gasteiger partial charge on any atom is -0.150 e. The van der Waals surface area contributed by atoms with Crippen LogP contribution in [0.25, 0.3) is 0 Å². The first-order valence-corrected chi connectivity index (χ1v) is 4.61. The Morgan fingerprint density at radius 1 is 1.46 bits per heavy atom. The van der Waals surface area contributed by atoms with Gasteiger partial charge >= 0.3 is 0 Å². The standard InChI is InChI=1S/C11H15NO/c1-4-10-6-5-7-11(8(10)2)9(3)12-13/h5-7,9H,4H2,1-3H3. The molecule has 0 aromatic heterocycles. The summed E-state index contributed by atoms with van der Waals surface area (Å²) in [6, 6.07) is 5.83. The largest absolute Gasteiger partial charge is 0.150 e. The first-order chi connectivity index (χ1) is 6.20. The Bertz CT molecular complexity index is 307. The molecule has 0 saturated heterocycles. The van der Waals surface area contributed by atoms with Gasteiger partial charge in [-0.1, -0.05) is 30.3 Å². The molecule has 0 aliphatic rings. The van der Waals surface area contributed by atoms with Crippen LogP contribution < -0.4 is 0 Å². The van der Waals surface area contributed by atoms with Crippen molar-refractivity contribution < 1.29 is 0 Å². The minimum absolute atomic E-state index is 0.230. The van der Waals surface area contributed by atoms with Gasteiger partial charge in [-0.05, 0) is 37.0 Å². The number of nitroso groups, excluding NO2 is 1. The molecule has 0 aliphatic heterocycles. The number of nitrogens with zero attached hydrogens (tertiary/aromatic N) is 1. The summed E-state index contributed by atoms with van der Waals surface area (Å²) in [4.78, 5) is 10.4. The molecule has 1 aromatic carbocycles. The second kappa shape index (κ2) is 4.17. The highest BCUT2D eigenvalue weighted by atomic mass is 16.3. The summed E-state index contributed by atoms with van der Waals surface area (Å²) in [6.07, 6.45) is 1.01. The van der Waals surface area contributed by atoms with E-state index in [0.717, 1.165) is 12.0 Å². The molecule has 1 unspecified atom stereocenters. The molecule has 1 atom stereocenters. The van der Waals surface area contributed by atoms with Crippen LogP contribution in [0.5, 0.6) is 0 Å². The van der Waals surface area contributed by atoms with E-state index < -0.39 is 0 Å². The third-order valence-corrected chi connectivity index (χ3v) is 2.48. The lowest BCUT2D eigenvalue weighted by atomic mass is 9.97. The van der Waals surface area contributed by atoms with Gasteiger partial charge in [-0.2, -0.15) is 4.91 Å². The second-order valence-electron chi connectivity index (χ2n) is 3.27. The van der Waals surface area contributed by atoms with E-state index in [9.17, 15) is 4.91 Å². The van der Waals surface area contributed by atoms with E-state index in [-0.39, 0.29) is 6.04 Å². The van der Waals surface area contributed by atoms with Gasteiger partial charge in [0, 0.05) is 0 Å². The molecule has 0 heterocycles. The summed E-state index contributed by atoms with van der Waals surface area (Å²) in [5.74, 6) is 0. The lowest BCUT2D eigenvalue weighted by Gasteiger charge is -2.10. The number of aryl methyl sites for hydroxylation is 1. The van der Waals surface area contributed by atoms with Crippen LogP contribution >= 0.6 is 0 Å². The highest BCUT2D eigenvalue weighted by molar-refractivity contribution is 5.35. The molecule has 13 heavy (non-hydrogen) atoms. The fourth-order valence-corrected chi connectivity index (χ4v) is 1.60. The van der Waals surface area contributed by atoms with Crippen LogP contribution in [0.1, 0.15) is 36.6 Å². The van der Waals surface area contributed by atoms with Crippen molar-refractivity contribution in [3.8, 4) is 0 Å². The van der Waals surface area contributed by atoms with Gasteiger partial charge in [-0.3, -0.25) is 0 Å². The molecule has 1 rings (SSSR count). The highest BCUT2D eigenvalue weighted by Gasteiger charge is 2.09. The van der Waals surface area contributed by atoms with Crippen molar-refractivity contribution in [2.75, 3.05) is 0 Å². The third-order valence-electron chi connectivity index (χ3n) is 2.48. The molecule has 70 valence electrons. The SMILES string of the molecule is CCc1cccc(C(C)N=O)c1C. The average molecular weight is 177 g/mol. The number of benzene rings is 1. The normalized spacial score (nSPS) is 12.5. The average Bonchev–Trinajstić information content (AvgIpc) is 2.17. The molecular formula is C11H15NO. The molecule has 0 bridgehead atoms. The maximum atomic E-state index is 10.4. The van der Waals surface area contributed by atoms with Gasteiger partial charge < -0.3 is 0 Å². The predicted octanol–water partition coefficient (Wildman–Crippen LogP) is 3.38. The maximum absolute atomic E-state index is 10.4. The van der Waals surface area contributed by atoms with Crippen LogP contribution in [-0.2, 0) is 6.42 Å². The zero-order valence-corrected chi connectivity index (χ0v) is 8.37. The van der Waals surface area contributed by atoms with Gasteiger partial charge in [-0.25, -0.2) is 0 Å². The van der Waals surface area contributed by atoms with Crippen LogP contribution in [0.4, 0.5) is 0 Å². The highest BCUT2D eigenvalue weighted by Crippen LogP contribution is 2.23. The van der Waals surface area contributed by atoms with Gasteiger partial charge in [-0.15, -0.1) is 0 Å². The van der Waals surface area contributed by atoms with E-state index >= 15 is 0 Å². The first-order valence-electron chi connectivity index (χ1n) is 4.61. The van der Waals surface area contributed by atoms with Crippen LogP contribution in [0.2, 0.25) is 0 Å². The zero-order chi connectivity index (χ0) is 9.84. The van der Waals surface area contributed by atoms with Gasteiger partial charge in [0.15, 0.2) is 0 Å². The lowest BCUT2D eigenvalue weighted by Crippen LogP contribution is -1.96. The summed E-state index contributed by atoms with van der Waals surface area (Å²) in [7, 11) is 0. The Balaban J connectivity index is 3.14. The minimum atomic E-state index is -0.230. The molecule has 0 amide bonds. The Morgan fingerprint density at radius 2 is 2.15 bits per heavy atom. The van der Waals surface area contributed by atoms with Gasteiger partial charge in [0.1, 0.15) is 6.04 Å². The van der Waals surface area contributed by atoms with E-state index in [2.05, 4.69) is 25.1 Å². The van der Waals surface area contributed by atoms with E-state index in [0.29, 0.717) is 0 Å². The van der Waals surface area contributed by atoms with E-state index in [1.54, 1.807) is 0 Å². The van der Waals surface area contributed by atoms with Crippen molar-refractivity contribution in [2.24, 2.45) is 5.18 Å². The fraction of sp³-hybridized carbons (Fsp3) is 0.455. The first kappa shape index (κ1) is 9.90. The zero-order valence-electron chi connectivity index (χ0n) is 8.37. The molecule has 0 fully saturated rings. The summed E-state index contributed by atoms with van der Waals surface area (Å²) >= 11 is 0. The van der Waals surface area contributed by atoms with Crippen molar-refractivity contribution >= 4 is 0 Å². The molecule has 0 saturated carbocycles. The Morgan fingerprint density at radius 3 is 2.69 bits per heavy atom. The number of hydrogen-bond donors (Lipinski definition) is 0. The summed E-state index contributed by atoms with van der Waals surface area (Å²) < 4.78 is 0. The van der Waals surface area contributed by atoms with Crippen LogP contribution in [0.15, 0.2) is 23.4 Å². The topological polar surface area (TPSA) is 29.4 Å². The van der Waals surface area contributed by atoms with Crippen molar-refractivity contribution in [1.29, 1.82) is 0 Å². The van der Waals surface area contributed by atoms with Crippen LogP contribution in [0.3, 0.4) is 0 Å². The molecule has 2 nitrogen and oxygen atoms in total. The molecule has 0 N–H and O–H groups in total. The molecule has 1 aromatic rings. The summed E-state index contributed by atoms with van der Waals surface area (Å²) in [6.45, 7) is 6.00. The van der Waals surface area contributed by atoms with Gasteiger partial charge in [0.05, 0.1) is 0 Å². The smallest absolute Gasteiger partial charge is 0.114 e. The Kier molecular flexibility index (Phi) is 3.18. The number of rotatable bonds is 3. The fourth-order valence-electron chi connectivity index (χ4n) is 1.60. The summed E-state index contributed by atoms with van der Waals surface area (Å²) in [5.41, 5.74) is 3.56. The van der Waals surface area contributed by atoms with E-state index in [4.69, 9.17) is 0 Å². The predicted molar refractivity (Wildman–Crippen MR) is 54.8 cm³/mol. The van der Waals surface area contributed by atoms with Crippen molar-refractivity contribution in [2.45, 2.75) is 33.2 Å². The quantitative estimate of drug-likeness (QED) is 0.651. The second-order valence-corrected chi connectivity index (χ2v) is 3.27. The molecule has 0 aliphatic carbocycles. The van der Waals surface area contributed by atoms with Gasteiger partial charge in [0.25, 0.3) is 0 Å².